The first-order valence-corrected chi connectivity index (χ1v) is 17.2. The van der Waals surface area contributed by atoms with E-state index in [1.807, 2.05) is 37.1 Å². The minimum Gasteiger partial charge on any atom is -0.463 e. The van der Waals surface area contributed by atoms with Crippen molar-refractivity contribution in [2.45, 2.75) is 90.5 Å². The van der Waals surface area contributed by atoms with Crippen LogP contribution in [0.15, 0.2) is 28.6 Å². The third-order valence-corrected chi connectivity index (χ3v) is 9.74. The highest BCUT2D eigenvalue weighted by Crippen LogP contribution is 2.32. The van der Waals surface area contributed by atoms with Crippen LogP contribution in [-0.4, -0.2) is 82.5 Å². The molecule has 1 spiro atoms. The maximum absolute atomic E-state index is 13.1. The molecule has 1 fully saturated rings. The summed E-state index contributed by atoms with van der Waals surface area (Å²) in [6.45, 7) is 7.79. The molecule has 1 amide bonds. The van der Waals surface area contributed by atoms with Gasteiger partial charge in [0.2, 0.25) is 10.0 Å². The van der Waals surface area contributed by atoms with Crippen molar-refractivity contribution in [3.05, 3.63) is 34.7 Å². The first-order chi connectivity index (χ1) is 20.6. The summed E-state index contributed by atoms with van der Waals surface area (Å²) in [4.78, 5) is 30.5. The molecule has 0 unspecified atom stereocenters. The number of amidine groups is 1. The second-order valence-corrected chi connectivity index (χ2v) is 13.4. The molecule has 1 aromatic rings. The molecular formula is C32H50N4O6S. The Morgan fingerprint density at radius 2 is 1.79 bits per heavy atom. The Balaban J connectivity index is 1.47. The van der Waals surface area contributed by atoms with Gasteiger partial charge in [0.15, 0.2) is 0 Å². The van der Waals surface area contributed by atoms with Gasteiger partial charge in [-0.25, -0.2) is 8.42 Å². The minimum absolute atomic E-state index is 0.0905. The quantitative estimate of drug-likeness (QED) is 0.185. The van der Waals surface area contributed by atoms with Crippen LogP contribution in [0.3, 0.4) is 0 Å². The first kappa shape index (κ1) is 34.7. The molecule has 1 aromatic carbocycles. The van der Waals surface area contributed by atoms with Gasteiger partial charge >= 0.3 is 5.97 Å². The number of hydrogen-bond acceptors (Lipinski definition) is 8. The van der Waals surface area contributed by atoms with Gasteiger partial charge < -0.3 is 19.7 Å². The summed E-state index contributed by atoms with van der Waals surface area (Å²) in [6, 6.07) is 5.87. The average molecular weight is 619 g/mol. The number of likely N-dealkylation sites (N-methyl/N-ethyl adjacent to an activating group) is 1. The highest BCUT2D eigenvalue weighted by Gasteiger charge is 2.46. The van der Waals surface area contributed by atoms with Crippen LogP contribution in [-0.2, 0) is 29.1 Å². The van der Waals surface area contributed by atoms with Crippen molar-refractivity contribution in [3.63, 3.8) is 0 Å². The number of nitrogens with one attached hydrogen (secondary N) is 1. The van der Waals surface area contributed by atoms with Crippen LogP contribution >= 0.6 is 0 Å². The monoisotopic (exact) mass is 618 g/mol. The molecule has 2 aliphatic rings. The molecule has 2 aliphatic heterocycles. The van der Waals surface area contributed by atoms with E-state index in [-0.39, 0.29) is 31.6 Å². The zero-order valence-corrected chi connectivity index (χ0v) is 27.2. The Kier molecular flexibility index (Phi) is 13.7. The first-order valence-electron chi connectivity index (χ1n) is 15.7. The molecule has 11 heteroatoms. The van der Waals surface area contributed by atoms with Crippen molar-refractivity contribution in [1.29, 1.82) is 0 Å². The van der Waals surface area contributed by atoms with Gasteiger partial charge in [-0.2, -0.15) is 4.31 Å². The van der Waals surface area contributed by atoms with Crippen LogP contribution in [0.1, 0.15) is 89.2 Å². The molecule has 0 radical (unpaired) electrons. The number of sulfonamides is 1. The van der Waals surface area contributed by atoms with Crippen molar-refractivity contribution in [2.24, 2.45) is 4.99 Å². The molecular weight excluding hydrogens is 568 g/mol. The Hall–Kier alpha value is -2.76. The summed E-state index contributed by atoms with van der Waals surface area (Å²) >= 11 is 0. The van der Waals surface area contributed by atoms with Gasteiger partial charge in [0.05, 0.1) is 13.2 Å². The lowest BCUT2D eigenvalue weighted by Crippen LogP contribution is -2.50. The van der Waals surface area contributed by atoms with Gasteiger partial charge in [-0.15, -0.1) is 0 Å². The van der Waals surface area contributed by atoms with E-state index in [9.17, 15) is 18.0 Å². The number of rotatable bonds is 18. The van der Waals surface area contributed by atoms with Crippen molar-refractivity contribution >= 4 is 39.5 Å². The molecule has 240 valence electrons. The summed E-state index contributed by atoms with van der Waals surface area (Å²) in [5.41, 5.74) is 1.93. The number of ether oxygens (including phenoxy) is 2. The van der Waals surface area contributed by atoms with Crippen LogP contribution in [0.4, 0.5) is 5.69 Å². The predicted octanol–water partition coefficient (Wildman–Crippen LogP) is 4.82. The summed E-state index contributed by atoms with van der Waals surface area (Å²) in [5, 5.41) is 4.23. The average Bonchev–Trinajstić information content (AvgIpc) is 3.27. The predicted molar refractivity (Wildman–Crippen MR) is 172 cm³/mol. The maximum atomic E-state index is 13.1. The van der Waals surface area contributed by atoms with Crippen LogP contribution in [0.25, 0.3) is 6.08 Å². The molecule has 1 N–H and O–H groups in total. The summed E-state index contributed by atoms with van der Waals surface area (Å²) in [5.74, 6) is 0.344. The number of nitrogens with zero attached hydrogens (tertiary/aromatic N) is 3. The van der Waals surface area contributed by atoms with E-state index in [0.29, 0.717) is 32.6 Å². The van der Waals surface area contributed by atoms with E-state index in [4.69, 9.17) is 14.5 Å². The molecule has 43 heavy (non-hydrogen) atoms. The number of hydrogen-bond donors (Lipinski definition) is 1. The second-order valence-electron chi connectivity index (χ2n) is 11.6. The zero-order valence-electron chi connectivity index (χ0n) is 26.4. The van der Waals surface area contributed by atoms with Crippen molar-refractivity contribution < 1.29 is 27.5 Å². The Bertz CT molecular complexity index is 1240. The number of unbranched alkanes of at least 4 members (excludes halogenated alkanes) is 6. The lowest BCUT2D eigenvalue weighted by molar-refractivity contribution is -0.142. The van der Waals surface area contributed by atoms with Crippen LogP contribution in [0, 0.1) is 6.92 Å². The highest BCUT2D eigenvalue weighted by atomic mass is 32.2. The lowest BCUT2D eigenvalue weighted by atomic mass is 9.89. The van der Waals surface area contributed by atoms with E-state index >= 15 is 0 Å². The van der Waals surface area contributed by atoms with E-state index in [2.05, 4.69) is 12.2 Å². The second kappa shape index (κ2) is 16.9. The number of anilines is 1. The van der Waals surface area contributed by atoms with E-state index in [0.717, 1.165) is 41.9 Å². The maximum Gasteiger partial charge on any atom is 0.302 e. The SMILES string of the molecule is CCCCCCCCCC1=NC2(CCN(S(=O)(=O)/C=C/c3ccc(N(C)CCOCCOC(C)=O)cc3C)CC2)C(=O)N1. The van der Waals surface area contributed by atoms with Crippen molar-refractivity contribution in [1.82, 2.24) is 9.62 Å². The van der Waals surface area contributed by atoms with Gasteiger partial charge in [-0.05, 0) is 55.5 Å². The Labute approximate surface area is 257 Å². The van der Waals surface area contributed by atoms with Crippen molar-refractivity contribution in [2.75, 3.05) is 51.4 Å². The Morgan fingerprint density at radius 3 is 2.47 bits per heavy atom. The number of esters is 1. The summed E-state index contributed by atoms with van der Waals surface area (Å²) in [7, 11) is -1.68. The smallest absolute Gasteiger partial charge is 0.302 e. The number of piperidine rings is 1. The molecule has 0 saturated carbocycles. The fraction of sp³-hybridized carbons (Fsp3) is 0.656. The van der Waals surface area contributed by atoms with Crippen molar-refractivity contribution in [3.8, 4) is 0 Å². The Morgan fingerprint density at radius 1 is 1.09 bits per heavy atom. The molecule has 10 nitrogen and oxygen atoms in total. The molecule has 0 aromatic heterocycles. The third kappa shape index (κ3) is 10.7. The molecule has 0 aliphatic carbocycles. The molecule has 0 atom stereocenters. The number of amides is 1. The summed E-state index contributed by atoms with van der Waals surface area (Å²) in [6.07, 6.45) is 11.6. The molecule has 2 heterocycles. The highest BCUT2D eigenvalue weighted by molar-refractivity contribution is 7.92. The largest absolute Gasteiger partial charge is 0.463 e. The van der Waals surface area contributed by atoms with E-state index < -0.39 is 15.6 Å². The fourth-order valence-corrected chi connectivity index (χ4v) is 6.59. The van der Waals surface area contributed by atoms with Crippen LogP contribution in [0.5, 0.6) is 0 Å². The number of carbonyl (C=O) groups excluding carboxylic acids is 2. The molecule has 1 saturated heterocycles. The van der Waals surface area contributed by atoms with E-state index in [1.54, 1.807) is 6.08 Å². The number of aliphatic imine (C=N–C) groups is 1. The summed E-state index contributed by atoms with van der Waals surface area (Å²) < 4.78 is 38.1. The normalized spacial score (nSPS) is 16.9. The van der Waals surface area contributed by atoms with Gasteiger partial charge in [0, 0.05) is 51.1 Å². The van der Waals surface area contributed by atoms with Gasteiger partial charge in [-0.3, -0.25) is 14.6 Å². The fourth-order valence-electron chi connectivity index (χ4n) is 5.41. The topological polar surface area (TPSA) is 118 Å². The van der Waals surface area contributed by atoms with Gasteiger partial charge in [0.1, 0.15) is 18.0 Å². The minimum atomic E-state index is -3.64. The third-order valence-electron chi connectivity index (χ3n) is 8.17. The molecule has 0 bridgehead atoms. The standard InChI is InChI=1S/C32H50N4O6S/c1-5-6-7-8-9-10-11-12-30-33-31(38)32(34-30)16-18-36(19-17-32)43(39,40)24-15-28-13-14-29(25-26(28)2)35(4)20-21-41-22-23-42-27(3)37/h13-15,24-25H,5-12,16-23H2,1-4H3,(H,33,34,38)/b24-15+. The number of benzene rings is 1. The van der Waals surface area contributed by atoms with Gasteiger partial charge in [-0.1, -0.05) is 51.5 Å². The lowest BCUT2D eigenvalue weighted by Gasteiger charge is -2.34. The van der Waals surface area contributed by atoms with Gasteiger partial charge in [0.25, 0.3) is 5.91 Å². The molecule has 3 rings (SSSR count). The zero-order chi connectivity index (χ0) is 31.3. The number of carbonyl (C=O) groups is 2. The van der Waals surface area contributed by atoms with Crippen LogP contribution < -0.4 is 10.2 Å². The number of aryl methyl sites for hydroxylation is 1. The van der Waals surface area contributed by atoms with E-state index in [1.165, 1.54) is 48.7 Å². The van der Waals surface area contributed by atoms with Crippen LogP contribution in [0.2, 0.25) is 0 Å².